The van der Waals surface area contributed by atoms with Gasteiger partial charge in [0.25, 0.3) is 0 Å². The molecule has 0 spiro atoms. The molecule has 1 atom stereocenters. The molecule has 1 heterocycles. The van der Waals surface area contributed by atoms with Crippen LogP contribution in [0, 0.1) is 0 Å². The fourth-order valence-corrected chi connectivity index (χ4v) is 2.57. The third kappa shape index (κ3) is 2.69. The molecule has 2 aromatic rings. The number of nitrogens with zero attached hydrogens (tertiary/aromatic N) is 2. The zero-order valence-electron chi connectivity index (χ0n) is 13.1. The van der Waals surface area contributed by atoms with Crippen LogP contribution in [0.4, 0.5) is 0 Å². The first-order valence-electron chi connectivity index (χ1n) is 7.22. The van der Waals surface area contributed by atoms with Crippen LogP contribution in [0.15, 0.2) is 36.7 Å². The Bertz CT molecular complexity index is 570. The van der Waals surface area contributed by atoms with E-state index in [0.717, 1.165) is 6.54 Å². The van der Waals surface area contributed by atoms with Crippen LogP contribution < -0.4 is 5.32 Å². The van der Waals surface area contributed by atoms with Crippen LogP contribution in [0.1, 0.15) is 32.4 Å². The molecule has 1 aromatic heterocycles. The van der Waals surface area contributed by atoms with Gasteiger partial charge in [-0.3, -0.25) is 4.98 Å². The highest BCUT2D eigenvalue weighted by Gasteiger charge is 2.33. The number of rotatable bonds is 5. The summed E-state index contributed by atoms with van der Waals surface area (Å²) in [6.07, 6.45) is 3.94. The van der Waals surface area contributed by atoms with Crippen molar-refractivity contribution in [1.29, 1.82) is 0 Å². The number of aromatic nitrogens is 1. The maximum absolute atomic E-state index is 4.43. The highest BCUT2D eigenvalue weighted by Crippen LogP contribution is 2.33. The van der Waals surface area contributed by atoms with E-state index in [9.17, 15) is 0 Å². The van der Waals surface area contributed by atoms with Gasteiger partial charge in [0.05, 0.1) is 6.04 Å². The molecular formula is C17H25N3. The SMILES string of the molecule is CCNC(c1cncc2ccccc12)C(C)(C)N(C)C. The van der Waals surface area contributed by atoms with E-state index >= 15 is 0 Å². The Morgan fingerprint density at radius 3 is 2.55 bits per heavy atom. The lowest BCUT2D eigenvalue weighted by Crippen LogP contribution is -2.49. The number of hydrogen-bond acceptors (Lipinski definition) is 3. The topological polar surface area (TPSA) is 28.2 Å². The monoisotopic (exact) mass is 271 g/mol. The van der Waals surface area contributed by atoms with E-state index in [2.05, 4.69) is 74.3 Å². The molecular weight excluding hydrogens is 246 g/mol. The standard InChI is InChI=1S/C17H25N3/c1-6-19-16(17(2,3)20(4)5)15-12-18-11-13-9-7-8-10-14(13)15/h7-12,16,19H,6H2,1-5H3. The van der Waals surface area contributed by atoms with Crippen molar-refractivity contribution in [3.63, 3.8) is 0 Å². The molecule has 1 aromatic carbocycles. The number of pyridine rings is 1. The van der Waals surface area contributed by atoms with Crippen molar-refractivity contribution < 1.29 is 0 Å². The van der Waals surface area contributed by atoms with E-state index < -0.39 is 0 Å². The molecule has 3 heteroatoms. The minimum Gasteiger partial charge on any atom is -0.309 e. The average Bonchev–Trinajstić information content (AvgIpc) is 2.44. The molecule has 3 nitrogen and oxygen atoms in total. The summed E-state index contributed by atoms with van der Waals surface area (Å²) in [7, 11) is 4.26. The summed E-state index contributed by atoms with van der Waals surface area (Å²) in [6.45, 7) is 7.62. The lowest BCUT2D eigenvalue weighted by atomic mass is 9.86. The molecule has 20 heavy (non-hydrogen) atoms. The highest BCUT2D eigenvalue weighted by atomic mass is 15.2. The van der Waals surface area contributed by atoms with E-state index in [-0.39, 0.29) is 11.6 Å². The summed E-state index contributed by atoms with van der Waals surface area (Å²) in [5.74, 6) is 0. The molecule has 2 rings (SSSR count). The predicted molar refractivity (Wildman–Crippen MR) is 85.9 cm³/mol. The number of benzene rings is 1. The van der Waals surface area contributed by atoms with Crippen molar-refractivity contribution >= 4 is 10.8 Å². The van der Waals surface area contributed by atoms with Gasteiger partial charge in [-0.1, -0.05) is 31.2 Å². The van der Waals surface area contributed by atoms with Gasteiger partial charge in [0.2, 0.25) is 0 Å². The zero-order valence-corrected chi connectivity index (χ0v) is 13.1. The number of fused-ring (bicyclic) bond motifs is 1. The van der Waals surface area contributed by atoms with E-state index in [1.165, 1.54) is 16.3 Å². The minimum atomic E-state index is 0.00180. The lowest BCUT2D eigenvalue weighted by Gasteiger charge is -2.41. The Balaban J connectivity index is 2.58. The van der Waals surface area contributed by atoms with Crippen LogP contribution in [0.2, 0.25) is 0 Å². The lowest BCUT2D eigenvalue weighted by molar-refractivity contribution is 0.139. The second-order valence-corrected chi connectivity index (χ2v) is 5.99. The van der Waals surface area contributed by atoms with E-state index in [4.69, 9.17) is 0 Å². The van der Waals surface area contributed by atoms with Gasteiger partial charge in [-0.15, -0.1) is 0 Å². The summed E-state index contributed by atoms with van der Waals surface area (Å²) in [5, 5.41) is 6.11. The van der Waals surface area contributed by atoms with Gasteiger partial charge >= 0.3 is 0 Å². The van der Waals surface area contributed by atoms with Crippen molar-refractivity contribution in [2.24, 2.45) is 0 Å². The Morgan fingerprint density at radius 1 is 1.20 bits per heavy atom. The van der Waals surface area contributed by atoms with E-state index in [1.54, 1.807) is 0 Å². The first-order valence-corrected chi connectivity index (χ1v) is 7.22. The summed E-state index contributed by atoms with van der Waals surface area (Å²) < 4.78 is 0. The Kier molecular flexibility index (Phi) is 4.41. The van der Waals surface area contributed by atoms with Crippen molar-refractivity contribution in [3.8, 4) is 0 Å². The Labute approximate surface area is 122 Å². The largest absolute Gasteiger partial charge is 0.309 e. The fraction of sp³-hybridized carbons (Fsp3) is 0.471. The summed E-state index contributed by atoms with van der Waals surface area (Å²) in [4.78, 5) is 6.70. The molecule has 0 fully saturated rings. The first-order chi connectivity index (χ1) is 9.48. The number of nitrogens with one attached hydrogen (secondary N) is 1. The van der Waals surface area contributed by atoms with Crippen molar-refractivity contribution in [2.75, 3.05) is 20.6 Å². The summed E-state index contributed by atoms with van der Waals surface area (Å²) in [6, 6.07) is 8.70. The maximum Gasteiger partial charge on any atom is 0.0523 e. The molecule has 0 aliphatic carbocycles. The van der Waals surface area contributed by atoms with Gasteiger partial charge < -0.3 is 10.2 Å². The predicted octanol–water partition coefficient (Wildman–Crippen LogP) is 3.23. The first kappa shape index (κ1) is 14.9. The Morgan fingerprint density at radius 2 is 1.90 bits per heavy atom. The quantitative estimate of drug-likeness (QED) is 0.905. The molecule has 0 aliphatic heterocycles. The number of likely N-dealkylation sites (N-methyl/N-ethyl adjacent to an activating group) is 2. The van der Waals surface area contributed by atoms with Crippen LogP contribution in [0.25, 0.3) is 10.8 Å². The van der Waals surface area contributed by atoms with E-state index in [0.29, 0.717) is 0 Å². The van der Waals surface area contributed by atoms with Gasteiger partial charge in [-0.05, 0) is 45.4 Å². The van der Waals surface area contributed by atoms with E-state index in [1.807, 2.05) is 12.4 Å². The van der Waals surface area contributed by atoms with Gasteiger partial charge in [-0.25, -0.2) is 0 Å². The molecule has 0 aliphatic rings. The van der Waals surface area contributed by atoms with Crippen LogP contribution >= 0.6 is 0 Å². The molecule has 1 N–H and O–H groups in total. The Hall–Kier alpha value is -1.45. The number of hydrogen-bond donors (Lipinski definition) is 1. The van der Waals surface area contributed by atoms with Gasteiger partial charge in [0.1, 0.15) is 0 Å². The van der Waals surface area contributed by atoms with Crippen LogP contribution in [0.5, 0.6) is 0 Å². The smallest absolute Gasteiger partial charge is 0.0523 e. The van der Waals surface area contributed by atoms with Crippen molar-refractivity contribution in [2.45, 2.75) is 32.4 Å². The van der Waals surface area contributed by atoms with Crippen molar-refractivity contribution in [3.05, 3.63) is 42.2 Å². The fourth-order valence-electron chi connectivity index (χ4n) is 2.57. The molecule has 1 unspecified atom stereocenters. The molecule has 0 bridgehead atoms. The minimum absolute atomic E-state index is 0.00180. The maximum atomic E-state index is 4.43. The summed E-state index contributed by atoms with van der Waals surface area (Å²) in [5.41, 5.74) is 1.27. The van der Waals surface area contributed by atoms with Crippen LogP contribution in [0.3, 0.4) is 0 Å². The van der Waals surface area contributed by atoms with Crippen molar-refractivity contribution in [1.82, 2.24) is 15.2 Å². The summed E-state index contributed by atoms with van der Waals surface area (Å²) >= 11 is 0. The molecule has 0 amide bonds. The molecule has 0 radical (unpaired) electrons. The van der Waals surface area contributed by atoms with Crippen LogP contribution in [-0.4, -0.2) is 36.1 Å². The second kappa shape index (κ2) is 5.90. The van der Waals surface area contributed by atoms with Gasteiger partial charge in [0, 0.05) is 23.3 Å². The normalized spacial score (nSPS) is 13.9. The highest BCUT2D eigenvalue weighted by molar-refractivity contribution is 5.85. The molecule has 0 saturated heterocycles. The van der Waals surface area contributed by atoms with Gasteiger partial charge in [-0.2, -0.15) is 0 Å². The van der Waals surface area contributed by atoms with Crippen LogP contribution in [-0.2, 0) is 0 Å². The molecule has 0 saturated carbocycles. The third-order valence-corrected chi connectivity index (χ3v) is 4.28. The molecule has 108 valence electrons. The zero-order chi connectivity index (χ0) is 14.8. The van der Waals surface area contributed by atoms with Gasteiger partial charge in [0.15, 0.2) is 0 Å². The third-order valence-electron chi connectivity index (χ3n) is 4.28. The average molecular weight is 271 g/mol. The second-order valence-electron chi connectivity index (χ2n) is 5.99.